The predicted octanol–water partition coefficient (Wildman–Crippen LogP) is 2.67. The smallest absolute Gasteiger partial charge is 0.326 e. The van der Waals surface area contributed by atoms with Crippen LogP contribution in [0, 0.1) is 0 Å². The third-order valence-corrected chi connectivity index (χ3v) is 3.77. The van der Waals surface area contributed by atoms with Gasteiger partial charge < -0.3 is 10.2 Å². The molecule has 3 rings (SSSR count). The van der Waals surface area contributed by atoms with Crippen LogP contribution in [-0.2, 0) is 9.63 Å². The van der Waals surface area contributed by atoms with E-state index in [0.717, 1.165) is 0 Å². The molecule has 0 spiro atoms. The molecule has 0 saturated heterocycles. The molecule has 0 fully saturated rings. The van der Waals surface area contributed by atoms with Crippen molar-refractivity contribution in [3.63, 3.8) is 0 Å². The number of halogens is 1. The zero-order chi connectivity index (χ0) is 18.1. The third-order valence-electron chi connectivity index (χ3n) is 3.44. The predicted molar refractivity (Wildman–Crippen MR) is 88.1 cm³/mol. The summed E-state index contributed by atoms with van der Waals surface area (Å²) in [6.45, 7) is 1.31. The standard InChI is InChI=1S/C17H11ClN2O5/c1-9(21)19-10-6-7-14(18)13(8-10)17(24)25-20-15(22)11-4-2-3-5-12(11)16(20)23/h2-8H,1H3,(H,19,21). The second-order valence-electron chi connectivity index (χ2n) is 5.20. The number of carbonyl (C=O) groups is 4. The molecule has 0 aromatic heterocycles. The van der Waals surface area contributed by atoms with Gasteiger partial charge in [-0.05, 0) is 30.3 Å². The molecule has 25 heavy (non-hydrogen) atoms. The average molecular weight is 359 g/mol. The van der Waals surface area contributed by atoms with Gasteiger partial charge in [-0.2, -0.15) is 0 Å². The molecule has 0 unspecified atom stereocenters. The third kappa shape index (κ3) is 3.09. The molecule has 0 radical (unpaired) electrons. The highest BCUT2D eigenvalue weighted by atomic mass is 35.5. The zero-order valence-corrected chi connectivity index (χ0v) is 13.7. The second kappa shape index (κ2) is 6.37. The van der Waals surface area contributed by atoms with Gasteiger partial charge in [0.05, 0.1) is 21.7 Å². The number of hydrogen-bond donors (Lipinski definition) is 1. The molecule has 0 atom stereocenters. The van der Waals surface area contributed by atoms with Gasteiger partial charge in [0, 0.05) is 12.6 Å². The number of benzene rings is 2. The molecule has 7 nitrogen and oxygen atoms in total. The number of hydroxylamine groups is 2. The Morgan fingerprint density at radius 1 is 1.04 bits per heavy atom. The van der Waals surface area contributed by atoms with E-state index in [2.05, 4.69) is 5.32 Å². The van der Waals surface area contributed by atoms with Gasteiger partial charge in [0.2, 0.25) is 5.91 Å². The van der Waals surface area contributed by atoms with Crippen molar-refractivity contribution in [2.75, 3.05) is 5.32 Å². The van der Waals surface area contributed by atoms with Crippen molar-refractivity contribution in [1.29, 1.82) is 0 Å². The molecule has 3 amide bonds. The number of nitrogens with one attached hydrogen (secondary N) is 1. The fourth-order valence-electron chi connectivity index (χ4n) is 2.34. The summed E-state index contributed by atoms with van der Waals surface area (Å²) in [5, 5.41) is 2.95. The summed E-state index contributed by atoms with van der Waals surface area (Å²) in [6.07, 6.45) is 0. The maximum atomic E-state index is 12.3. The van der Waals surface area contributed by atoms with Gasteiger partial charge in [0.1, 0.15) is 0 Å². The van der Waals surface area contributed by atoms with Crippen molar-refractivity contribution < 1.29 is 24.0 Å². The molecule has 2 aromatic carbocycles. The van der Waals surface area contributed by atoms with Crippen LogP contribution in [0.15, 0.2) is 42.5 Å². The minimum absolute atomic E-state index is 0.0516. The number of fused-ring (bicyclic) bond motifs is 1. The Labute approximate surface area is 147 Å². The molecule has 1 N–H and O–H groups in total. The van der Waals surface area contributed by atoms with Crippen LogP contribution >= 0.6 is 11.6 Å². The monoisotopic (exact) mass is 358 g/mol. The molecule has 0 saturated carbocycles. The molecule has 0 bridgehead atoms. The van der Waals surface area contributed by atoms with Crippen LogP contribution in [0.4, 0.5) is 5.69 Å². The van der Waals surface area contributed by atoms with E-state index in [1.54, 1.807) is 12.1 Å². The Morgan fingerprint density at radius 3 is 2.20 bits per heavy atom. The molecule has 1 heterocycles. The van der Waals surface area contributed by atoms with E-state index < -0.39 is 17.8 Å². The number of rotatable bonds is 3. The lowest BCUT2D eigenvalue weighted by Gasteiger charge is -2.14. The Balaban J connectivity index is 1.85. The summed E-state index contributed by atoms with van der Waals surface area (Å²) in [6, 6.07) is 10.3. The zero-order valence-electron chi connectivity index (χ0n) is 12.9. The topological polar surface area (TPSA) is 92.8 Å². The normalized spacial score (nSPS) is 12.8. The summed E-state index contributed by atoms with van der Waals surface area (Å²) in [5.74, 6) is -2.79. The number of carbonyl (C=O) groups excluding carboxylic acids is 4. The van der Waals surface area contributed by atoms with Gasteiger partial charge in [0.25, 0.3) is 11.8 Å². The van der Waals surface area contributed by atoms with E-state index in [9.17, 15) is 19.2 Å². The summed E-state index contributed by atoms with van der Waals surface area (Å²) >= 11 is 5.97. The minimum Gasteiger partial charge on any atom is -0.326 e. The number of anilines is 1. The van der Waals surface area contributed by atoms with Gasteiger partial charge in [-0.3, -0.25) is 14.4 Å². The van der Waals surface area contributed by atoms with E-state index in [4.69, 9.17) is 16.4 Å². The molecule has 8 heteroatoms. The van der Waals surface area contributed by atoms with Crippen LogP contribution in [-0.4, -0.2) is 28.8 Å². The quantitative estimate of drug-likeness (QED) is 0.851. The first-order valence-electron chi connectivity index (χ1n) is 7.15. The van der Waals surface area contributed by atoms with Crippen LogP contribution in [0.1, 0.15) is 38.0 Å². The fourth-order valence-corrected chi connectivity index (χ4v) is 2.54. The fraction of sp³-hybridized carbons (Fsp3) is 0.0588. The maximum absolute atomic E-state index is 12.3. The van der Waals surface area contributed by atoms with Crippen molar-refractivity contribution in [3.8, 4) is 0 Å². The molecule has 2 aromatic rings. The molecule has 0 aliphatic carbocycles. The van der Waals surface area contributed by atoms with Gasteiger partial charge in [-0.25, -0.2) is 4.79 Å². The van der Waals surface area contributed by atoms with Gasteiger partial charge in [-0.1, -0.05) is 28.8 Å². The van der Waals surface area contributed by atoms with Crippen LogP contribution < -0.4 is 5.32 Å². The van der Waals surface area contributed by atoms with E-state index in [1.165, 1.54) is 37.3 Å². The number of amides is 3. The van der Waals surface area contributed by atoms with Crippen LogP contribution in [0.2, 0.25) is 5.02 Å². The van der Waals surface area contributed by atoms with E-state index in [1.807, 2.05) is 0 Å². The average Bonchev–Trinajstić information content (AvgIpc) is 2.81. The summed E-state index contributed by atoms with van der Waals surface area (Å²) in [7, 11) is 0. The minimum atomic E-state index is -0.994. The molecule has 1 aliphatic rings. The van der Waals surface area contributed by atoms with Gasteiger partial charge in [0.15, 0.2) is 0 Å². The van der Waals surface area contributed by atoms with Crippen LogP contribution in [0.3, 0.4) is 0 Å². The lowest BCUT2D eigenvalue weighted by atomic mass is 10.1. The lowest BCUT2D eigenvalue weighted by Crippen LogP contribution is -2.32. The molecular formula is C17H11ClN2O5. The van der Waals surface area contributed by atoms with Crippen molar-refractivity contribution in [3.05, 3.63) is 64.2 Å². The Morgan fingerprint density at radius 2 is 1.64 bits per heavy atom. The van der Waals surface area contributed by atoms with Crippen LogP contribution in [0.5, 0.6) is 0 Å². The van der Waals surface area contributed by atoms with Crippen LogP contribution in [0.25, 0.3) is 0 Å². The van der Waals surface area contributed by atoms with Gasteiger partial charge >= 0.3 is 5.97 Å². The van der Waals surface area contributed by atoms with Crippen molar-refractivity contribution in [2.24, 2.45) is 0 Å². The summed E-state index contributed by atoms with van der Waals surface area (Å²) in [5.41, 5.74) is 0.535. The largest absolute Gasteiger partial charge is 0.365 e. The first-order chi connectivity index (χ1) is 11.9. The van der Waals surface area contributed by atoms with Crippen molar-refractivity contribution >= 4 is 41.0 Å². The first kappa shape index (κ1) is 16.7. The summed E-state index contributed by atoms with van der Waals surface area (Å²) in [4.78, 5) is 52.8. The second-order valence-corrected chi connectivity index (χ2v) is 5.61. The van der Waals surface area contributed by atoms with Gasteiger partial charge in [-0.15, -0.1) is 0 Å². The highest BCUT2D eigenvalue weighted by Gasteiger charge is 2.39. The van der Waals surface area contributed by atoms with Crippen molar-refractivity contribution in [1.82, 2.24) is 5.06 Å². The molecule has 126 valence electrons. The Bertz CT molecular complexity index is 890. The lowest BCUT2D eigenvalue weighted by molar-refractivity contribution is -0.114. The molecular weight excluding hydrogens is 348 g/mol. The number of hydrogen-bond acceptors (Lipinski definition) is 5. The Kier molecular flexibility index (Phi) is 4.24. The highest BCUT2D eigenvalue weighted by Crippen LogP contribution is 2.26. The maximum Gasteiger partial charge on any atom is 0.365 e. The van der Waals surface area contributed by atoms with E-state index in [-0.39, 0.29) is 27.6 Å². The van der Waals surface area contributed by atoms with E-state index in [0.29, 0.717) is 10.8 Å². The van der Waals surface area contributed by atoms with E-state index >= 15 is 0 Å². The highest BCUT2D eigenvalue weighted by molar-refractivity contribution is 6.33. The first-order valence-corrected chi connectivity index (χ1v) is 7.53. The summed E-state index contributed by atoms with van der Waals surface area (Å²) < 4.78 is 0. The number of nitrogens with zero attached hydrogens (tertiary/aromatic N) is 1. The number of imide groups is 1. The SMILES string of the molecule is CC(=O)Nc1ccc(Cl)c(C(=O)ON2C(=O)c3ccccc3C2=O)c1. The molecule has 1 aliphatic heterocycles. The Hall–Kier alpha value is -3.19. The van der Waals surface area contributed by atoms with Crippen molar-refractivity contribution in [2.45, 2.75) is 6.92 Å².